The lowest BCUT2D eigenvalue weighted by Crippen LogP contribution is -2.45. The Morgan fingerprint density at radius 3 is 2.79 bits per heavy atom. The van der Waals surface area contributed by atoms with Gasteiger partial charge in [0.05, 0.1) is 0 Å². The third-order valence-electron chi connectivity index (χ3n) is 5.02. The number of likely N-dealkylation sites (tertiary alicyclic amines) is 1. The van der Waals surface area contributed by atoms with Crippen LogP contribution in [0.2, 0.25) is 0 Å². The van der Waals surface area contributed by atoms with Gasteiger partial charge in [0.25, 0.3) is 5.91 Å². The minimum atomic E-state index is 0.137. The van der Waals surface area contributed by atoms with Gasteiger partial charge in [0.15, 0.2) is 0 Å². The van der Waals surface area contributed by atoms with Gasteiger partial charge in [-0.25, -0.2) is 0 Å². The van der Waals surface area contributed by atoms with Crippen molar-refractivity contribution in [2.45, 2.75) is 38.8 Å². The van der Waals surface area contributed by atoms with E-state index in [9.17, 15) is 4.79 Å². The van der Waals surface area contributed by atoms with Crippen LogP contribution in [-0.2, 0) is 13.0 Å². The Bertz CT molecular complexity index is 663. The first-order chi connectivity index (χ1) is 11.6. The summed E-state index contributed by atoms with van der Waals surface area (Å²) in [6.07, 6.45) is 5.10. The van der Waals surface area contributed by atoms with E-state index in [1.165, 1.54) is 5.56 Å². The third kappa shape index (κ3) is 3.88. The average molecular weight is 325 g/mol. The number of nitrogens with zero attached hydrogens (tertiary/aromatic N) is 2. The van der Waals surface area contributed by atoms with Crippen molar-refractivity contribution in [2.75, 3.05) is 13.1 Å². The molecular formula is C20H27N3O. The van der Waals surface area contributed by atoms with Gasteiger partial charge in [-0.05, 0) is 49.8 Å². The molecule has 0 aliphatic carbocycles. The number of aromatic nitrogens is 1. The van der Waals surface area contributed by atoms with Gasteiger partial charge in [0.2, 0.25) is 0 Å². The second-order valence-electron chi connectivity index (χ2n) is 6.84. The standard InChI is InChI=1S/C20H27N3O/c1-16(21)18-9-5-13-23(15-18)20(24)19-10-6-12-22(19)14-11-17-7-3-2-4-8-17/h2-4,6-8,10,12,16,18H,5,9,11,13-15,21H2,1H3. The van der Waals surface area contributed by atoms with Crippen LogP contribution in [0.5, 0.6) is 0 Å². The van der Waals surface area contributed by atoms with Crippen LogP contribution in [0.15, 0.2) is 48.7 Å². The van der Waals surface area contributed by atoms with Gasteiger partial charge in [-0.1, -0.05) is 30.3 Å². The predicted octanol–water partition coefficient (Wildman–Crippen LogP) is 2.93. The molecule has 24 heavy (non-hydrogen) atoms. The zero-order chi connectivity index (χ0) is 16.9. The maximum atomic E-state index is 12.9. The minimum absolute atomic E-state index is 0.137. The highest BCUT2D eigenvalue weighted by atomic mass is 16.2. The number of hydrogen-bond donors (Lipinski definition) is 1. The summed E-state index contributed by atoms with van der Waals surface area (Å²) in [5.74, 6) is 0.550. The molecule has 1 aromatic carbocycles. The molecule has 1 aliphatic heterocycles. The van der Waals surface area contributed by atoms with Crippen LogP contribution in [0.1, 0.15) is 35.8 Å². The molecule has 3 rings (SSSR count). The molecule has 2 atom stereocenters. The summed E-state index contributed by atoms with van der Waals surface area (Å²) in [5, 5.41) is 0. The van der Waals surface area contributed by atoms with Crippen LogP contribution in [0.4, 0.5) is 0 Å². The Morgan fingerprint density at radius 1 is 1.25 bits per heavy atom. The third-order valence-corrected chi connectivity index (χ3v) is 5.02. The second kappa shape index (κ2) is 7.67. The van der Waals surface area contributed by atoms with Crippen LogP contribution in [-0.4, -0.2) is 34.5 Å². The van der Waals surface area contributed by atoms with Gasteiger partial charge in [0, 0.05) is 31.9 Å². The fourth-order valence-corrected chi connectivity index (χ4v) is 3.48. The van der Waals surface area contributed by atoms with Crippen LogP contribution >= 0.6 is 0 Å². The summed E-state index contributed by atoms with van der Waals surface area (Å²) in [4.78, 5) is 14.9. The van der Waals surface area contributed by atoms with Crippen molar-refractivity contribution in [3.05, 3.63) is 59.9 Å². The van der Waals surface area contributed by atoms with E-state index in [0.717, 1.165) is 44.6 Å². The van der Waals surface area contributed by atoms with E-state index in [2.05, 4.69) is 28.8 Å². The summed E-state index contributed by atoms with van der Waals surface area (Å²) in [6.45, 7) is 4.48. The van der Waals surface area contributed by atoms with Gasteiger partial charge in [0.1, 0.15) is 5.69 Å². The largest absolute Gasteiger partial charge is 0.343 e. The summed E-state index contributed by atoms with van der Waals surface area (Å²) in [7, 11) is 0. The molecular weight excluding hydrogens is 298 g/mol. The molecule has 0 saturated carbocycles. The fraction of sp³-hybridized carbons (Fsp3) is 0.450. The molecule has 0 bridgehead atoms. The van der Waals surface area contributed by atoms with Gasteiger partial charge < -0.3 is 15.2 Å². The predicted molar refractivity (Wildman–Crippen MR) is 96.9 cm³/mol. The number of nitrogens with two attached hydrogens (primary N) is 1. The Kier molecular flexibility index (Phi) is 5.36. The number of hydrogen-bond acceptors (Lipinski definition) is 2. The number of benzene rings is 1. The smallest absolute Gasteiger partial charge is 0.270 e. The number of carbonyl (C=O) groups excluding carboxylic acids is 1. The van der Waals surface area contributed by atoms with E-state index in [-0.39, 0.29) is 11.9 Å². The van der Waals surface area contributed by atoms with Crippen molar-refractivity contribution in [3.63, 3.8) is 0 Å². The van der Waals surface area contributed by atoms with Gasteiger partial charge in [-0.2, -0.15) is 0 Å². The molecule has 1 amide bonds. The number of aryl methyl sites for hydroxylation is 2. The van der Waals surface area contributed by atoms with Crippen LogP contribution < -0.4 is 5.73 Å². The number of rotatable bonds is 5. The normalized spacial score (nSPS) is 19.2. The first-order valence-electron chi connectivity index (χ1n) is 8.89. The van der Waals surface area contributed by atoms with Crippen molar-refractivity contribution in [2.24, 2.45) is 11.7 Å². The van der Waals surface area contributed by atoms with E-state index in [1.807, 2.05) is 36.2 Å². The van der Waals surface area contributed by atoms with Gasteiger partial charge >= 0.3 is 0 Å². The van der Waals surface area contributed by atoms with Crippen molar-refractivity contribution in [1.29, 1.82) is 0 Å². The molecule has 128 valence electrons. The van der Waals surface area contributed by atoms with E-state index in [4.69, 9.17) is 5.73 Å². The molecule has 2 unspecified atom stereocenters. The van der Waals surface area contributed by atoms with Crippen molar-refractivity contribution in [3.8, 4) is 0 Å². The molecule has 2 aromatic rings. The van der Waals surface area contributed by atoms with E-state index >= 15 is 0 Å². The molecule has 2 N–H and O–H groups in total. The number of carbonyl (C=O) groups is 1. The number of piperidine rings is 1. The van der Waals surface area contributed by atoms with E-state index in [1.54, 1.807) is 0 Å². The lowest BCUT2D eigenvalue weighted by atomic mass is 9.92. The Balaban J connectivity index is 1.66. The van der Waals surface area contributed by atoms with Crippen molar-refractivity contribution < 1.29 is 4.79 Å². The molecule has 0 radical (unpaired) electrons. The average Bonchev–Trinajstić information content (AvgIpc) is 3.09. The summed E-state index contributed by atoms with van der Waals surface area (Å²) in [5.41, 5.74) is 8.13. The van der Waals surface area contributed by atoms with Crippen LogP contribution in [0, 0.1) is 5.92 Å². The molecule has 2 heterocycles. The zero-order valence-electron chi connectivity index (χ0n) is 14.4. The van der Waals surface area contributed by atoms with Gasteiger partial charge in [-0.3, -0.25) is 4.79 Å². The molecule has 1 fully saturated rings. The topological polar surface area (TPSA) is 51.3 Å². The maximum absolute atomic E-state index is 12.9. The van der Waals surface area contributed by atoms with Gasteiger partial charge in [-0.15, -0.1) is 0 Å². The SMILES string of the molecule is CC(N)C1CCCN(C(=O)c2cccn2CCc2ccccc2)C1. The fourth-order valence-electron chi connectivity index (χ4n) is 3.48. The Morgan fingerprint density at radius 2 is 2.04 bits per heavy atom. The van der Waals surface area contributed by atoms with Crippen molar-refractivity contribution in [1.82, 2.24) is 9.47 Å². The lowest BCUT2D eigenvalue weighted by Gasteiger charge is -2.34. The zero-order valence-corrected chi connectivity index (χ0v) is 14.4. The number of amides is 1. The van der Waals surface area contributed by atoms with Crippen molar-refractivity contribution >= 4 is 5.91 Å². The summed E-state index contributed by atoms with van der Waals surface area (Å²) in [6, 6.07) is 14.4. The highest BCUT2D eigenvalue weighted by Gasteiger charge is 2.27. The molecule has 1 aromatic heterocycles. The van der Waals surface area contributed by atoms with E-state index < -0.39 is 0 Å². The van der Waals surface area contributed by atoms with E-state index in [0.29, 0.717) is 5.92 Å². The first kappa shape index (κ1) is 16.8. The lowest BCUT2D eigenvalue weighted by molar-refractivity contribution is 0.0650. The molecule has 1 aliphatic rings. The summed E-state index contributed by atoms with van der Waals surface area (Å²) >= 11 is 0. The highest BCUT2D eigenvalue weighted by Crippen LogP contribution is 2.21. The molecule has 0 spiro atoms. The maximum Gasteiger partial charge on any atom is 0.270 e. The quantitative estimate of drug-likeness (QED) is 0.919. The monoisotopic (exact) mass is 325 g/mol. The first-order valence-corrected chi connectivity index (χ1v) is 8.89. The minimum Gasteiger partial charge on any atom is -0.343 e. The molecule has 4 heteroatoms. The summed E-state index contributed by atoms with van der Waals surface area (Å²) < 4.78 is 2.07. The molecule has 4 nitrogen and oxygen atoms in total. The van der Waals surface area contributed by atoms with Crippen LogP contribution in [0.3, 0.4) is 0 Å². The highest BCUT2D eigenvalue weighted by molar-refractivity contribution is 5.92. The second-order valence-corrected chi connectivity index (χ2v) is 6.84. The Labute approximate surface area is 144 Å². The van der Waals surface area contributed by atoms with Crippen LogP contribution in [0.25, 0.3) is 0 Å². The molecule has 1 saturated heterocycles. The Hall–Kier alpha value is -2.07.